The van der Waals surface area contributed by atoms with Gasteiger partial charge in [0.2, 0.25) is 0 Å². The Kier molecular flexibility index (Phi) is 7.70. The van der Waals surface area contributed by atoms with E-state index in [1.54, 1.807) is 19.9 Å². The lowest BCUT2D eigenvalue weighted by Crippen LogP contribution is -2.22. The van der Waals surface area contributed by atoms with Gasteiger partial charge in [0.05, 0.1) is 11.5 Å². The number of amides is 1. The molecule has 2 aromatic rings. The van der Waals surface area contributed by atoms with Crippen LogP contribution in [0, 0.1) is 24.0 Å². The van der Waals surface area contributed by atoms with Crippen LogP contribution in [-0.4, -0.2) is 30.0 Å². The zero-order valence-electron chi connectivity index (χ0n) is 16.7. The molecule has 0 atom stereocenters. The van der Waals surface area contributed by atoms with Crippen molar-refractivity contribution in [2.45, 2.75) is 33.6 Å². The number of carbonyl (C=O) groups is 2. The van der Waals surface area contributed by atoms with Gasteiger partial charge >= 0.3 is 5.97 Å². The van der Waals surface area contributed by atoms with E-state index >= 15 is 0 Å². The summed E-state index contributed by atoms with van der Waals surface area (Å²) in [5, 5.41) is 13.7. The van der Waals surface area contributed by atoms with Crippen LogP contribution >= 0.6 is 0 Å². The molecule has 0 aromatic heterocycles. The number of nitrogens with zero attached hydrogens (tertiary/aromatic N) is 1. The molecule has 2 rings (SSSR count). The fraction of sp³-hybridized carbons (Fsp3) is 0.333. The van der Waals surface area contributed by atoms with E-state index in [1.807, 2.05) is 31.2 Å². The number of esters is 1. The summed E-state index contributed by atoms with van der Waals surface area (Å²) in [5.41, 5.74) is 2.17. The highest BCUT2D eigenvalue weighted by atomic mass is 16.6. The van der Waals surface area contributed by atoms with Gasteiger partial charge in [-0.2, -0.15) is 0 Å². The average molecular weight is 400 g/mol. The molecule has 0 heterocycles. The Morgan fingerprint density at radius 1 is 1.14 bits per heavy atom. The number of benzene rings is 2. The van der Waals surface area contributed by atoms with Gasteiger partial charge in [0, 0.05) is 12.5 Å². The van der Waals surface area contributed by atoms with Crippen LogP contribution in [0.25, 0.3) is 0 Å². The van der Waals surface area contributed by atoms with Gasteiger partial charge in [-0.3, -0.25) is 19.7 Å². The minimum absolute atomic E-state index is 0.0843. The fourth-order valence-electron chi connectivity index (χ4n) is 2.75. The second-order valence-electron chi connectivity index (χ2n) is 6.41. The molecule has 0 aliphatic heterocycles. The van der Waals surface area contributed by atoms with Crippen molar-refractivity contribution in [2.24, 2.45) is 0 Å². The highest BCUT2D eigenvalue weighted by Crippen LogP contribution is 2.30. The number of anilines is 1. The number of nitro groups is 1. The zero-order valence-corrected chi connectivity index (χ0v) is 16.7. The lowest BCUT2D eigenvalue weighted by molar-refractivity contribution is -0.384. The third kappa shape index (κ3) is 6.03. The second kappa shape index (κ2) is 10.2. The number of rotatable bonds is 9. The summed E-state index contributed by atoms with van der Waals surface area (Å²) in [6.45, 7) is 5.35. The largest absolute Gasteiger partial charge is 0.494 e. The number of hydrogen-bond donors (Lipinski definition) is 1. The van der Waals surface area contributed by atoms with E-state index in [-0.39, 0.29) is 17.8 Å². The Bertz CT molecular complexity index is 910. The first-order chi connectivity index (χ1) is 13.8. The summed E-state index contributed by atoms with van der Waals surface area (Å²) in [5.74, 6) is -0.463. The number of nitro benzene ring substituents is 1. The third-order valence-electron chi connectivity index (χ3n) is 4.41. The lowest BCUT2D eigenvalue weighted by Gasteiger charge is -2.12. The monoisotopic (exact) mass is 400 g/mol. The molecular weight excluding hydrogens is 376 g/mol. The first kappa shape index (κ1) is 21.9. The summed E-state index contributed by atoms with van der Waals surface area (Å²) in [6.07, 6.45) is 0.500. The van der Waals surface area contributed by atoms with Crippen LogP contribution in [0.1, 0.15) is 30.0 Å². The summed E-state index contributed by atoms with van der Waals surface area (Å²) >= 11 is 0. The van der Waals surface area contributed by atoms with Gasteiger partial charge in [-0.15, -0.1) is 0 Å². The molecule has 0 spiro atoms. The van der Waals surface area contributed by atoms with Gasteiger partial charge in [-0.25, -0.2) is 0 Å². The lowest BCUT2D eigenvalue weighted by atomic mass is 10.1. The molecule has 0 unspecified atom stereocenters. The number of carbonyl (C=O) groups excluding carboxylic acids is 2. The van der Waals surface area contributed by atoms with E-state index in [9.17, 15) is 19.7 Å². The average Bonchev–Trinajstić information content (AvgIpc) is 2.69. The van der Waals surface area contributed by atoms with Gasteiger partial charge < -0.3 is 14.8 Å². The smallest absolute Gasteiger partial charge is 0.306 e. The minimum atomic E-state index is -0.634. The number of para-hydroxylation sites is 1. The van der Waals surface area contributed by atoms with Crippen LogP contribution in [0.3, 0.4) is 0 Å². The Labute approximate surface area is 169 Å². The van der Waals surface area contributed by atoms with Gasteiger partial charge in [0.1, 0.15) is 11.4 Å². The van der Waals surface area contributed by atoms with Crippen LogP contribution in [0.15, 0.2) is 36.4 Å². The van der Waals surface area contributed by atoms with E-state index < -0.39 is 23.4 Å². The van der Waals surface area contributed by atoms with E-state index in [2.05, 4.69) is 5.32 Å². The Hall–Kier alpha value is -3.42. The predicted molar refractivity (Wildman–Crippen MR) is 108 cm³/mol. The Morgan fingerprint density at radius 3 is 2.55 bits per heavy atom. The van der Waals surface area contributed by atoms with Crippen molar-refractivity contribution in [2.75, 3.05) is 18.5 Å². The minimum Gasteiger partial charge on any atom is -0.494 e. The maximum absolute atomic E-state index is 12.1. The molecule has 154 valence electrons. The van der Waals surface area contributed by atoms with Crippen molar-refractivity contribution >= 4 is 23.3 Å². The molecule has 0 aliphatic carbocycles. The third-order valence-corrected chi connectivity index (χ3v) is 4.41. The van der Waals surface area contributed by atoms with Gasteiger partial charge in [0.15, 0.2) is 6.61 Å². The molecule has 0 saturated carbocycles. The molecule has 29 heavy (non-hydrogen) atoms. The molecule has 1 N–H and O–H groups in total. The molecule has 0 bridgehead atoms. The molecular formula is C21H24N2O6. The van der Waals surface area contributed by atoms with Crippen molar-refractivity contribution in [1.82, 2.24) is 0 Å². The molecule has 0 saturated heterocycles. The van der Waals surface area contributed by atoms with Crippen molar-refractivity contribution < 1.29 is 24.0 Å². The number of hydrogen-bond acceptors (Lipinski definition) is 6. The molecule has 0 aliphatic rings. The van der Waals surface area contributed by atoms with Crippen LogP contribution in [0.5, 0.6) is 5.75 Å². The molecule has 1 amide bonds. The Balaban J connectivity index is 1.91. The van der Waals surface area contributed by atoms with Crippen molar-refractivity contribution in [3.63, 3.8) is 0 Å². The highest BCUT2D eigenvalue weighted by molar-refractivity contribution is 5.96. The maximum Gasteiger partial charge on any atom is 0.306 e. The summed E-state index contributed by atoms with van der Waals surface area (Å²) in [4.78, 5) is 34.7. The predicted octanol–water partition coefficient (Wildman–Crippen LogP) is 3.72. The molecule has 2 aromatic carbocycles. The number of ether oxygens (including phenoxy) is 2. The quantitative estimate of drug-likeness (QED) is 0.390. The van der Waals surface area contributed by atoms with Crippen LogP contribution < -0.4 is 10.1 Å². The molecule has 0 fully saturated rings. The standard InChI is InChI=1S/C21H24N2O6/c1-4-28-18-8-6-5-7-16(18)10-12-20(25)29-13-19(24)22-21-15(3)14(2)9-11-17(21)23(26)27/h5-9,11H,4,10,12-13H2,1-3H3,(H,22,24). The fourth-order valence-corrected chi connectivity index (χ4v) is 2.75. The first-order valence-corrected chi connectivity index (χ1v) is 9.24. The SMILES string of the molecule is CCOc1ccccc1CCC(=O)OCC(=O)Nc1c([N+](=O)[O-])ccc(C)c1C. The topological polar surface area (TPSA) is 108 Å². The van der Waals surface area contributed by atoms with Gasteiger partial charge in [-0.05, 0) is 49.9 Å². The maximum atomic E-state index is 12.1. The summed E-state index contributed by atoms with van der Waals surface area (Å²) < 4.78 is 10.5. The van der Waals surface area contributed by atoms with E-state index in [0.717, 1.165) is 11.1 Å². The zero-order chi connectivity index (χ0) is 21.4. The molecule has 8 nitrogen and oxygen atoms in total. The molecule has 0 radical (unpaired) electrons. The van der Waals surface area contributed by atoms with Crippen LogP contribution in [0.2, 0.25) is 0 Å². The van der Waals surface area contributed by atoms with Crippen molar-refractivity contribution in [1.29, 1.82) is 0 Å². The van der Waals surface area contributed by atoms with Crippen LogP contribution in [0.4, 0.5) is 11.4 Å². The molecule has 8 heteroatoms. The van der Waals surface area contributed by atoms with E-state index in [4.69, 9.17) is 9.47 Å². The van der Waals surface area contributed by atoms with Crippen molar-refractivity contribution in [3.05, 3.63) is 63.2 Å². The van der Waals surface area contributed by atoms with Gasteiger partial charge in [0.25, 0.3) is 11.6 Å². The van der Waals surface area contributed by atoms with Crippen LogP contribution in [-0.2, 0) is 20.7 Å². The summed E-state index contributed by atoms with van der Waals surface area (Å²) in [7, 11) is 0. The van der Waals surface area contributed by atoms with Gasteiger partial charge in [-0.1, -0.05) is 24.3 Å². The Morgan fingerprint density at radius 2 is 1.86 bits per heavy atom. The number of nitrogens with one attached hydrogen (secondary N) is 1. The first-order valence-electron chi connectivity index (χ1n) is 9.24. The normalized spacial score (nSPS) is 10.3. The summed E-state index contributed by atoms with van der Waals surface area (Å²) in [6, 6.07) is 10.3. The van der Waals surface area contributed by atoms with E-state index in [1.165, 1.54) is 6.07 Å². The second-order valence-corrected chi connectivity index (χ2v) is 6.41. The number of aryl methyl sites for hydroxylation is 2. The van der Waals surface area contributed by atoms with E-state index in [0.29, 0.717) is 24.3 Å². The highest BCUT2D eigenvalue weighted by Gasteiger charge is 2.20. The van der Waals surface area contributed by atoms with Crippen molar-refractivity contribution in [3.8, 4) is 5.75 Å².